The first-order valence-corrected chi connectivity index (χ1v) is 8.99. The van der Waals surface area contributed by atoms with Gasteiger partial charge >= 0.3 is 11.9 Å². The molecule has 0 bridgehead atoms. The molecule has 27 heavy (non-hydrogen) atoms. The standard InChI is InChI=1S/C21H17BrO5/c1-13-18(26-12-14-6-4-3-5-7-14)19(27-20(13)23)17(21(24)25-2)15-8-10-16(22)11-9-15/h3-11H,12H2,1-2H3/b19-17+. The normalized spacial score (nSPS) is 15.4. The van der Waals surface area contributed by atoms with Crippen molar-refractivity contribution in [1.82, 2.24) is 0 Å². The first-order valence-electron chi connectivity index (χ1n) is 8.20. The van der Waals surface area contributed by atoms with E-state index in [1.807, 2.05) is 30.3 Å². The molecule has 0 amide bonds. The summed E-state index contributed by atoms with van der Waals surface area (Å²) in [6, 6.07) is 16.6. The number of carbonyl (C=O) groups excluding carboxylic acids is 2. The molecule has 0 radical (unpaired) electrons. The molecule has 0 spiro atoms. The molecule has 0 fully saturated rings. The topological polar surface area (TPSA) is 61.8 Å². The summed E-state index contributed by atoms with van der Waals surface area (Å²) in [6.45, 7) is 1.84. The Morgan fingerprint density at radius 2 is 1.74 bits per heavy atom. The maximum absolute atomic E-state index is 12.5. The Morgan fingerprint density at radius 3 is 2.37 bits per heavy atom. The minimum atomic E-state index is -0.615. The van der Waals surface area contributed by atoms with Crippen LogP contribution in [0.15, 0.2) is 76.2 Å². The van der Waals surface area contributed by atoms with Crippen molar-refractivity contribution in [2.75, 3.05) is 7.11 Å². The Morgan fingerprint density at radius 1 is 1.07 bits per heavy atom. The number of benzene rings is 2. The highest BCUT2D eigenvalue weighted by molar-refractivity contribution is 9.10. The second-order valence-electron chi connectivity index (χ2n) is 5.82. The van der Waals surface area contributed by atoms with Gasteiger partial charge in [0.25, 0.3) is 0 Å². The largest absolute Gasteiger partial charge is 0.484 e. The van der Waals surface area contributed by atoms with Crippen LogP contribution in [-0.2, 0) is 30.4 Å². The minimum Gasteiger partial charge on any atom is -0.484 e. The van der Waals surface area contributed by atoms with Crippen molar-refractivity contribution in [3.8, 4) is 0 Å². The summed E-state index contributed by atoms with van der Waals surface area (Å²) in [5.41, 5.74) is 1.93. The molecule has 0 atom stereocenters. The SMILES string of the molecule is COC(=O)/C(=C1/OC(=O)C(C)=C1OCc1ccccc1)c1ccc(Br)cc1. The third-order valence-electron chi connectivity index (χ3n) is 4.02. The number of cyclic esters (lactones) is 1. The van der Waals surface area contributed by atoms with Gasteiger partial charge in [-0.15, -0.1) is 0 Å². The summed E-state index contributed by atoms with van der Waals surface area (Å²) < 4.78 is 17.0. The van der Waals surface area contributed by atoms with E-state index >= 15 is 0 Å². The van der Waals surface area contributed by atoms with Gasteiger partial charge in [0.2, 0.25) is 0 Å². The van der Waals surface area contributed by atoms with Gasteiger partial charge in [-0.25, -0.2) is 9.59 Å². The van der Waals surface area contributed by atoms with E-state index in [1.165, 1.54) is 7.11 Å². The van der Waals surface area contributed by atoms with Crippen LogP contribution in [0.2, 0.25) is 0 Å². The van der Waals surface area contributed by atoms with Crippen LogP contribution >= 0.6 is 15.9 Å². The van der Waals surface area contributed by atoms with Gasteiger partial charge in [0.15, 0.2) is 11.5 Å². The van der Waals surface area contributed by atoms with Gasteiger partial charge in [-0.3, -0.25) is 0 Å². The van der Waals surface area contributed by atoms with E-state index < -0.39 is 11.9 Å². The molecule has 1 heterocycles. The first kappa shape index (κ1) is 18.9. The van der Waals surface area contributed by atoms with Crippen molar-refractivity contribution >= 4 is 33.4 Å². The molecule has 2 aromatic rings. The van der Waals surface area contributed by atoms with E-state index in [2.05, 4.69) is 15.9 Å². The number of carbonyl (C=O) groups is 2. The molecule has 0 aromatic heterocycles. The van der Waals surface area contributed by atoms with Gasteiger partial charge in [-0.1, -0.05) is 58.4 Å². The summed E-state index contributed by atoms with van der Waals surface area (Å²) in [4.78, 5) is 24.6. The predicted octanol–water partition coefficient (Wildman–Crippen LogP) is 4.38. The number of ether oxygens (including phenoxy) is 3. The van der Waals surface area contributed by atoms with Gasteiger partial charge in [0.05, 0.1) is 12.7 Å². The van der Waals surface area contributed by atoms with Crippen LogP contribution in [-0.4, -0.2) is 19.0 Å². The van der Waals surface area contributed by atoms with Crippen LogP contribution in [0.5, 0.6) is 0 Å². The zero-order valence-electron chi connectivity index (χ0n) is 14.8. The highest BCUT2D eigenvalue weighted by Crippen LogP contribution is 2.35. The second kappa shape index (κ2) is 8.22. The molecule has 5 nitrogen and oxygen atoms in total. The Bertz CT molecular complexity index is 927. The van der Waals surface area contributed by atoms with Crippen molar-refractivity contribution < 1.29 is 23.8 Å². The van der Waals surface area contributed by atoms with E-state index in [9.17, 15) is 9.59 Å². The number of rotatable bonds is 5. The quantitative estimate of drug-likeness (QED) is 0.522. The molecular formula is C21H17BrO5. The summed E-state index contributed by atoms with van der Waals surface area (Å²) in [6.07, 6.45) is 0. The molecule has 1 aliphatic heterocycles. The zero-order valence-corrected chi connectivity index (χ0v) is 16.4. The van der Waals surface area contributed by atoms with Gasteiger partial charge in [0, 0.05) is 4.47 Å². The van der Waals surface area contributed by atoms with E-state index in [4.69, 9.17) is 14.2 Å². The molecule has 6 heteroatoms. The van der Waals surface area contributed by atoms with E-state index in [-0.39, 0.29) is 23.7 Å². The highest BCUT2D eigenvalue weighted by Gasteiger charge is 2.34. The number of hydrogen-bond donors (Lipinski definition) is 0. The zero-order chi connectivity index (χ0) is 19.4. The fraction of sp³-hybridized carbons (Fsp3) is 0.143. The Kier molecular flexibility index (Phi) is 5.76. The molecule has 0 aliphatic carbocycles. The molecular weight excluding hydrogens is 412 g/mol. The van der Waals surface area contributed by atoms with Crippen molar-refractivity contribution in [3.63, 3.8) is 0 Å². The third kappa shape index (κ3) is 4.11. The Labute approximate surface area is 165 Å². The van der Waals surface area contributed by atoms with Crippen LogP contribution in [0.25, 0.3) is 5.57 Å². The lowest BCUT2D eigenvalue weighted by atomic mass is 10.0. The molecule has 3 rings (SSSR count). The van der Waals surface area contributed by atoms with Crippen molar-refractivity contribution in [2.45, 2.75) is 13.5 Å². The predicted molar refractivity (Wildman–Crippen MR) is 103 cm³/mol. The smallest absolute Gasteiger partial charge is 0.343 e. The molecule has 0 N–H and O–H groups in total. The second-order valence-corrected chi connectivity index (χ2v) is 6.74. The molecule has 0 saturated heterocycles. The average molecular weight is 429 g/mol. The molecule has 0 saturated carbocycles. The van der Waals surface area contributed by atoms with Crippen molar-refractivity contribution in [3.05, 3.63) is 87.3 Å². The molecule has 138 valence electrons. The molecule has 2 aromatic carbocycles. The maximum atomic E-state index is 12.5. The van der Waals surface area contributed by atoms with Crippen molar-refractivity contribution in [1.29, 1.82) is 0 Å². The minimum absolute atomic E-state index is 0.0719. The van der Waals surface area contributed by atoms with Gasteiger partial charge in [-0.05, 0) is 30.2 Å². The van der Waals surface area contributed by atoms with Gasteiger partial charge < -0.3 is 14.2 Å². The monoisotopic (exact) mass is 428 g/mol. The average Bonchev–Trinajstić information content (AvgIpc) is 2.96. The van der Waals surface area contributed by atoms with Crippen molar-refractivity contribution in [2.24, 2.45) is 0 Å². The maximum Gasteiger partial charge on any atom is 0.343 e. The Balaban J connectivity index is 2.04. The summed E-state index contributed by atoms with van der Waals surface area (Å²) in [5.74, 6) is -0.850. The van der Waals surface area contributed by atoms with E-state index in [0.717, 1.165) is 10.0 Å². The van der Waals surface area contributed by atoms with E-state index in [1.54, 1.807) is 31.2 Å². The van der Waals surface area contributed by atoms with E-state index in [0.29, 0.717) is 11.1 Å². The highest BCUT2D eigenvalue weighted by atomic mass is 79.9. The van der Waals surface area contributed by atoms with Gasteiger partial charge in [-0.2, -0.15) is 0 Å². The summed E-state index contributed by atoms with van der Waals surface area (Å²) in [5, 5.41) is 0. The van der Waals surface area contributed by atoms with Crippen LogP contribution in [0.1, 0.15) is 18.1 Å². The fourth-order valence-electron chi connectivity index (χ4n) is 2.61. The number of hydrogen-bond acceptors (Lipinski definition) is 5. The van der Waals surface area contributed by atoms with Crippen LogP contribution in [0.4, 0.5) is 0 Å². The third-order valence-corrected chi connectivity index (χ3v) is 4.55. The number of methoxy groups -OCH3 is 1. The fourth-order valence-corrected chi connectivity index (χ4v) is 2.87. The number of esters is 2. The first-order chi connectivity index (χ1) is 13.0. The van der Waals surface area contributed by atoms with Crippen LogP contribution < -0.4 is 0 Å². The number of halogens is 1. The lowest BCUT2D eigenvalue weighted by Crippen LogP contribution is -2.10. The lowest BCUT2D eigenvalue weighted by molar-refractivity contribution is -0.134. The van der Waals surface area contributed by atoms with Gasteiger partial charge in [0.1, 0.15) is 12.2 Å². The Hall–Kier alpha value is -2.86. The molecule has 1 aliphatic rings. The summed E-state index contributed by atoms with van der Waals surface area (Å²) in [7, 11) is 1.28. The molecule has 0 unspecified atom stereocenters. The lowest BCUT2D eigenvalue weighted by Gasteiger charge is -2.13. The van der Waals surface area contributed by atoms with Crippen LogP contribution in [0.3, 0.4) is 0 Å². The van der Waals surface area contributed by atoms with Crippen LogP contribution in [0, 0.1) is 0 Å². The summed E-state index contributed by atoms with van der Waals surface area (Å²) >= 11 is 3.36.